The number of hydrogen-bond acceptors (Lipinski definition) is 4. The lowest BCUT2D eigenvalue weighted by molar-refractivity contribution is -0.440. The maximum absolute atomic E-state index is 13.0. The lowest BCUT2D eigenvalue weighted by Gasteiger charge is -2.25. The first-order chi connectivity index (χ1) is 12.5. The highest BCUT2D eigenvalue weighted by Gasteiger charge is 2.27. The molecule has 5 nitrogen and oxygen atoms in total. The molecule has 0 fully saturated rings. The third-order valence-corrected chi connectivity index (χ3v) is 4.68. The van der Waals surface area contributed by atoms with Crippen molar-refractivity contribution in [2.75, 3.05) is 13.6 Å². The molecule has 1 aliphatic heterocycles. The van der Waals surface area contributed by atoms with E-state index in [0.717, 1.165) is 16.7 Å². The van der Waals surface area contributed by atoms with Crippen LogP contribution in [0, 0.1) is 5.21 Å². The number of fused-ring (bicyclic) bond motifs is 1. The molecule has 3 rings (SSSR count). The quantitative estimate of drug-likeness (QED) is 0.505. The predicted octanol–water partition coefficient (Wildman–Crippen LogP) is 3.78. The summed E-state index contributed by atoms with van der Waals surface area (Å²) in [5.41, 5.74) is 2.68. The molecule has 2 aromatic rings. The third kappa shape index (κ3) is 3.74. The highest BCUT2D eigenvalue weighted by molar-refractivity contribution is 6.31. The molecular weight excluding hydrogens is 350 g/mol. The number of aliphatic hydroxyl groups excluding tert-OH is 1. The number of likely N-dealkylation sites (N-methyl/N-ethyl adjacent to an activating group) is 1. The van der Waals surface area contributed by atoms with E-state index in [1.165, 1.54) is 0 Å². The minimum Gasteiger partial charge on any atom is -0.623 e. The van der Waals surface area contributed by atoms with Crippen molar-refractivity contribution in [2.45, 2.75) is 26.0 Å². The topological polar surface area (TPSA) is 61.9 Å². The van der Waals surface area contributed by atoms with E-state index in [-0.39, 0.29) is 6.54 Å². The molecule has 136 valence electrons. The number of halogens is 1. The summed E-state index contributed by atoms with van der Waals surface area (Å²) in [6.45, 7) is 2.05. The van der Waals surface area contributed by atoms with Gasteiger partial charge in [0.1, 0.15) is 6.23 Å². The van der Waals surface area contributed by atoms with Crippen LogP contribution in [0.3, 0.4) is 0 Å². The van der Waals surface area contributed by atoms with Crippen LogP contribution in [0.4, 0.5) is 5.69 Å². The Kier molecular flexibility index (Phi) is 5.59. The molecule has 1 N–H and O–H groups in total. The van der Waals surface area contributed by atoms with Crippen molar-refractivity contribution in [3.63, 3.8) is 0 Å². The molecule has 6 heteroatoms. The lowest BCUT2D eigenvalue weighted by atomic mass is 10.0. The molecule has 0 aromatic heterocycles. The number of hydroxylamine groups is 1. The molecule has 26 heavy (non-hydrogen) atoms. The van der Waals surface area contributed by atoms with Gasteiger partial charge in [0.15, 0.2) is 5.84 Å². The maximum Gasteiger partial charge on any atom is 0.228 e. The molecule has 1 unspecified atom stereocenters. The second kappa shape index (κ2) is 7.89. The van der Waals surface area contributed by atoms with Crippen LogP contribution in [0.1, 0.15) is 30.9 Å². The van der Waals surface area contributed by atoms with E-state index in [1.807, 2.05) is 37.3 Å². The van der Waals surface area contributed by atoms with Crippen LogP contribution in [0.15, 0.2) is 53.5 Å². The van der Waals surface area contributed by atoms with E-state index in [0.29, 0.717) is 34.2 Å². The average molecular weight is 372 g/mol. The zero-order chi connectivity index (χ0) is 18.7. The molecule has 1 atom stereocenters. The molecule has 0 amide bonds. The summed E-state index contributed by atoms with van der Waals surface area (Å²) >= 11 is 6.19. The first-order valence-corrected chi connectivity index (χ1v) is 9.04. The van der Waals surface area contributed by atoms with Crippen LogP contribution in [0.2, 0.25) is 5.02 Å². The average Bonchev–Trinajstić information content (AvgIpc) is 2.77. The Morgan fingerprint density at radius 2 is 2.00 bits per heavy atom. The lowest BCUT2D eigenvalue weighted by Crippen LogP contribution is -2.40. The van der Waals surface area contributed by atoms with Crippen molar-refractivity contribution in [1.82, 2.24) is 4.90 Å². The number of rotatable bonds is 4. The van der Waals surface area contributed by atoms with E-state index < -0.39 is 6.23 Å². The van der Waals surface area contributed by atoms with Crippen LogP contribution in [0.25, 0.3) is 0 Å². The van der Waals surface area contributed by atoms with Crippen LogP contribution in [-0.4, -0.2) is 46.1 Å². The van der Waals surface area contributed by atoms with Crippen molar-refractivity contribution < 1.29 is 9.85 Å². The SMILES string of the molecule is CCCC(O)N(C)C1=Nc2ccc(Cl)cc2C(c2ccccc2)=[N+]([O-])C1. The summed E-state index contributed by atoms with van der Waals surface area (Å²) in [6.07, 6.45) is 0.770. The summed E-state index contributed by atoms with van der Waals surface area (Å²) in [6, 6.07) is 14.8. The number of amidine groups is 1. The van der Waals surface area contributed by atoms with E-state index in [2.05, 4.69) is 4.99 Å². The van der Waals surface area contributed by atoms with Gasteiger partial charge in [0.05, 0.1) is 11.3 Å². The highest BCUT2D eigenvalue weighted by atomic mass is 35.5. The molecule has 0 radical (unpaired) electrons. The van der Waals surface area contributed by atoms with Crippen LogP contribution >= 0.6 is 11.6 Å². The van der Waals surface area contributed by atoms with Gasteiger partial charge in [0.2, 0.25) is 12.3 Å². The van der Waals surface area contributed by atoms with Gasteiger partial charge in [-0.05, 0) is 36.8 Å². The van der Waals surface area contributed by atoms with Crippen LogP contribution in [-0.2, 0) is 0 Å². The Morgan fingerprint density at radius 3 is 2.69 bits per heavy atom. The van der Waals surface area contributed by atoms with Crippen LogP contribution in [0.5, 0.6) is 0 Å². The van der Waals surface area contributed by atoms with Crippen molar-refractivity contribution in [1.29, 1.82) is 0 Å². The molecule has 2 aromatic carbocycles. The monoisotopic (exact) mass is 371 g/mol. The molecule has 1 aliphatic rings. The minimum atomic E-state index is -0.679. The normalized spacial score (nSPS) is 15.2. The number of benzene rings is 2. The summed E-state index contributed by atoms with van der Waals surface area (Å²) < 4.78 is 0.922. The Hall–Kier alpha value is -2.37. The minimum absolute atomic E-state index is 0.0494. The van der Waals surface area contributed by atoms with Gasteiger partial charge in [-0.2, -0.15) is 4.74 Å². The zero-order valence-electron chi connectivity index (χ0n) is 14.9. The fraction of sp³-hybridized carbons (Fsp3) is 0.300. The van der Waals surface area contributed by atoms with Gasteiger partial charge in [0.25, 0.3) is 0 Å². The molecule has 0 bridgehead atoms. The molecule has 0 aliphatic carbocycles. The van der Waals surface area contributed by atoms with E-state index in [4.69, 9.17) is 11.6 Å². The number of aliphatic imine (C=N–C) groups is 1. The van der Waals surface area contributed by atoms with Crippen molar-refractivity contribution >= 4 is 28.8 Å². The van der Waals surface area contributed by atoms with E-state index >= 15 is 0 Å². The third-order valence-electron chi connectivity index (χ3n) is 4.45. The Balaban J connectivity index is 2.13. The molecule has 1 heterocycles. The first-order valence-electron chi connectivity index (χ1n) is 8.66. The maximum atomic E-state index is 13.0. The van der Waals surface area contributed by atoms with Crippen molar-refractivity contribution in [3.05, 3.63) is 69.9 Å². The highest BCUT2D eigenvalue weighted by Crippen LogP contribution is 2.28. The smallest absolute Gasteiger partial charge is 0.228 e. The van der Waals surface area contributed by atoms with Gasteiger partial charge in [-0.15, -0.1) is 0 Å². The fourth-order valence-corrected chi connectivity index (χ4v) is 3.19. The number of hydrogen-bond donors (Lipinski definition) is 1. The zero-order valence-corrected chi connectivity index (χ0v) is 15.6. The molecular formula is C20H22ClN3O2. The summed E-state index contributed by atoms with van der Waals surface area (Å²) in [5, 5.41) is 23.9. The Bertz CT molecular complexity index is 849. The molecule has 0 saturated carbocycles. The van der Waals surface area contributed by atoms with Gasteiger partial charge < -0.3 is 15.2 Å². The summed E-state index contributed by atoms with van der Waals surface area (Å²) in [7, 11) is 1.76. The van der Waals surface area contributed by atoms with Gasteiger partial charge in [-0.3, -0.25) is 0 Å². The van der Waals surface area contributed by atoms with Crippen LogP contribution < -0.4 is 0 Å². The van der Waals surface area contributed by atoms with Gasteiger partial charge in [-0.1, -0.05) is 43.1 Å². The standard InChI is InChI=1S/C20H22ClN3O2/c1-3-7-19(25)23(2)18-13-24(26)20(14-8-5-4-6-9-14)16-12-15(21)10-11-17(16)22-18/h4-6,8-12,19,25H,3,7,13H2,1-2H3. The van der Waals surface area contributed by atoms with Gasteiger partial charge in [-0.25, -0.2) is 4.99 Å². The van der Waals surface area contributed by atoms with Gasteiger partial charge in [0, 0.05) is 17.6 Å². The number of aliphatic hydroxyl groups is 1. The first kappa shape index (κ1) is 18.4. The Labute approximate surface area is 158 Å². The molecule has 0 saturated heterocycles. The van der Waals surface area contributed by atoms with Gasteiger partial charge >= 0.3 is 0 Å². The second-order valence-corrected chi connectivity index (χ2v) is 6.76. The summed E-state index contributed by atoms with van der Waals surface area (Å²) in [4.78, 5) is 6.34. The van der Waals surface area contributed by atoms with Crippen molar-refractivity contribution in [3.8, 4) is 0 Å². The second-order valence-electron chi connectivity index (χ2n) is 6.32. The van der Waals surface area contributed by atoms with Crippen molar-refractivity contribution in [2.24, 2.45) is 4.99 Å². The Morgan fingerprint density at radius 1 is 1.27 bits per heavy atom. The largest absolute Gasteiger partial charge is 0.623 e. The molecule has 0 spiro atoms. The number of nitrogens with zero attached hydrogens (tertiary/aromatic N) is 3. The summed E-state index contributed by atoms with van der Waals surface area (Å²) in [5.74, 6) is 0.524. The van der Waals surface area contributed by atoms with E-state index in [1.54, 1.807) is 30.1 Å². The predicted molar refractivity (Wildman–Crippen MR) is 105 cm³/mol. The fourth-order valence-electron chi connectivity index (χ4n) is 3.02. The van der Waals surface area contributed by atoms with E-state index in [9.17, 15) is 10.3 Å².